The van der Waals surface area contributed by atoms with Crippen LogP contribution in [0, 0.1) is 0 Å². The third-order valence-electron chi connectivity index (χ3n) is 3.04. The molecule has 0 aromatic heterocycles. The lowest BCUT2D eigenvalue weighted by Gasteiger charge is -2.04. The largest absolute Gasteiger partial charge is 0.294 e. The minimum atomic E-state index is 0.0987. The van der Waals surface area contributed by atoms with Crippen LogP contribution >= 0.6 is 27.5 Å². The number of rotatable bonds is 4. The summed E-state index contributed by atoms with van der Waals surface area (Å²) in [5.74, 6) is 0.0987. The van der Waals surface area contributed by atoms with Gasteiger partial charge < -0.3 is 0 Å². The summed E-state index contributed by atoms with van der Waals surface area (Å²) in [5, 5.41) is 0.615. The van der Waals surface area contributed by atoms with Crippen LogP contribution < -0.4 is 0 Å². The first-order valence-corrected chi connectivity index (χ1v) is 7.33. The molecule has 0 N–H and O–H groups in total. The lowest BCUT2D eigenvalue weighted by molar-refractivity contribution is 0.0993. The number of benzene rings is 2. The molecule has 0 amide bonds. The number of Topliss-reactive ketones (excluding diaryl/α,β-unsaturated/α-hetero) is 1. The van der Waals surface area contributed by atoms with Crippen molar-refractivity contribution < 1.29 is 4.79 Å². The number of aryl methyl sites for hydroxylation is 1. The van der Waals surface area contributed by atoms with Crippen molar-refractivity contribution >= 4 is 33.3 Å². The average Bonchev–Trinajstić information content (AvgIpc) is 2.42. The molecule has 0 heterocycles. The molecular weight excluding hydrogens is 324 g/mol. The van der Waals surface area contributed by atoms with Crippen molar-refractivity contribution in [1.82, 2.24) is 0 Å². The summed E-state index contributed by atoms with van der Waals surface area (Å²) in [5.41, 5.74) is 2.99. The zero-order chi connectivity index (χ0) is 13.8. The van der Waals surface area contributed by atoms with E-state index in [-0.39, 0.29) is 5.78 Å². The molecular formula is C16H14BrClO. The zero-order valence-electron chi connectivity index (χ0n) is 10.6. The van der Waals surface area contributed by atoms with Gasteiger partial charge in [-0.25, -0.2) is 0 Å². The number of carbonyl (C=O) groups is 1. The SMILES string of the molecule is CCc1ccc(CC(=O)c2ccc(Cl)c(Br)c2)cc1. The third-order valence-corrected chi connectivity index (χ3v) is 4.25. The third kappa shape index (κ3) is 3.68. The van der Waals surface area contributed by atoms with E-state index in [0.29, 0.717) is 17.0 Å². The van der Waals surface area contributed by atoms with Crippen LogP contribution in [0.15, 0.2) is 46.9 Å². The maximum Gasteiger partial charge on any atom is 0.167 e. The lowest BCUT2D eigenvalue weighted by atomic mass is 10.0. The van der Waals surface area contributed by atoms with Crippen molar-refractivity contribution in [3.05, 3.63) is 68.7 Å². The molecule has 0 aliphatic carbocycles. The fourth-order valence-corrected chi connectivity index (χ4v) is 2.35. The van der Waals surface area contributed by atoms with Gasteiger partial charge in [-0.1, -0.05) is 42.8 Å². The van der Waals surface area contributed by atoms with Gasteiger partial charge in [-0.2, -0.15) is 0 Å². The van der Waals surface area contributed by atoms with Crippen molar-refractivity contribution in [2.45, 2.75) is 19.8 Å². The van der Waals surface area contributed by atoms with Gasteiger partial charge >= 0.3 is 0 Å². The van der Waals surface area contributed by atoms with Gasteiger partial charge in [0.2, 0.25) is 0 Å². The lowest BCUT2D eigenvalue weighted by Crippen LogP contribution is -2.03. The monoisotopic (exact) mass is 336 g/mol. The number of hydrogen-bond acceptors (Lipinski definition) is 1. The first-order valence-electron chi connectivity index (χ1n) is 6.16. The predicted octanol–water partition coefficient (Wildman–Crippen LogP) is 5.09. The molecule has 0 saturated carbocycles. The predicted molar refractivity (Wildman–Crippen MR) is 83.0 cm³/mol. The van der Waals surface area contributed by atoms with Gasteiger partial charge in [-0.05, 0) is 51.7 Å². The van der Waals surface area contributed by atoms with Gasteiger partial charge in [0.05, 0.1) is 5.02 Å². The van der Waals surface area contributed by atoms with Gasteiger partial charge in [0.1, 0.15) is 0 Å². The summed E-state index contributed by atoms with van der Waals surface area (Å²) < 4.78 is 0.751. The van der Waals surface area contributed by atoms with Crippen molar-refractivity contribution in [2.24, 2.45) is 0 Å². The molecule has 0 bridgehead atoms. The highest BCUT2D eigenvalue weighted by Crippen LogP contribution is 2.24. The Morgan fingerprint density at radius 1 is 1.11 bits per heavy atom. The van der Waals surface area contributed by atoms with E-state index < -0.39 is 0 Å². The van der Waals surface area contributed by atoms with E-state index in [0.717, 1.165) is 16.5 Å². The van der Waals surface area contributed by atoms with Crippen LogP contribution in [0.1, 0.15) is 28.4 Å². The first kappa shape index (κ1) is 14.3. The van der Waals surface area contributed by atoms with Crippen LogP contribution in [-0.2, 0) is 12.8 Å². The Kier molecular flexibility index (Phi) is 4.78. The van der Waals surface area contributed by atoms with Crippen LogP contribution in [0.25, 0.3) is 0 Å². The molecule has 0 aliphatic rings. The fourth-order valence-electron chi connectivity index (χ4n) is 1.85. The van der Waals surface area contributed by atoms with Gasteiger partial charge in [-0.15, -0.1) is 0 Å². The minimum absolute atomic E-state index is 0.0987. The Morgan fingerprint density at radius 3 is 2.32 bits per heavy atom. The molecule has 2 rings (SSSR count). The Hall–Kier alpha value is -1.12. The highest BCUT2D eigenvalue weighted by Gasteiger charge is 2.09. The molecule has 0 spiro atoms. The summed E-state index contributed by atoms with van der Waals surface area (Å²) in [4.78, 5) is 12.2. The number of hydrogen-bond donors (Lipinski definition) is 0. The molecule has 19 heavy (non-hydrogen) atoms. The number of carbonyl (C=O) groups excluding carboxylic acids is 1. The summed E-state index contributed by atoms with van der Waals surface area (Å²) in [6.45, 7) is 2.12. The maximum absolute atomic E-state index is 12.2. The van der Waals surface area contributed by atoms with Crippen LogP contribution in [0.4, 0.5) is 0 Å². The Morgan fingerprint density at radius 2 is 1.74 bits per heavy atom. The van der Waals surface area contributed by atoms with E-state index in [9.17, 15) is 4.79 Å². The van der Waals surface area contributed by atoms with E-state index in [2.05, 4.69) is 35.0 Å². The van der Waals surface area contributed by atoms with E-state index in [1.165, 1.54) is 5.56 Å². The van der Waals surface area contributed by atoms with E-state index >= 15 is 0 Å². The molecule has 2 aromatic carbocycles. The van der Waals surface area contributed by atoms with E-state index in [1.54, 1.807) is 18.2 Å². The maximum atomic E-state index is 12.2. The minimum Gasteiger partial charge on any atom is -0.294 e. The molecule has 0 unspecified atom stereocenters. The zero-order valence-corrected chi connectivity index (χ0v) is 13.0. The van der Waals surface area contributed by atoms with Gasteiger partial charge in [0, 0.05) is 16.5 Å². The molecule has 3 heteroatoms. The second-order valence-electron chi connectivity index (χ2n) is 4.40. The standard InChI is InChI=1S/C16H14BrClO/c1-2-11-3-5-12(6-4-11)9-16(19)13-7-8-15(18)14(17)10-13/h3-8,10H,2,9H2,1H3. The first-order chi connectivity index (χ1) is 9.10. The Balaban J connectivity index is 2.13. The summed E-state index contributed by atoms with van der Waals surface area (Å²) in [7, 11) is 0. The Labute approximate surface area is 126 Å². The molecule has 2 aromatic rings. The number of ketones is 1. The van der Waals surface area contributed by atoms with Crippen molar-refractivity contribution in [2.75, 3.05) is 0 Å². The molecule has 0 fully saturated rings. The summed E-state index contributed by atoms with van der Waals surface area (Å²) in [6, 6.07) is 13.4. The smallest absolute Gasteiger partial charge is 0.167 e. The van der Waals surface area contributed by atoms with Crippen LogP contribution in [0.5, 0.6) is 0 Å². The molecule has 0 radical (unpaired) electrons. The Bertz CT molecular complexity index is 590. The molecule has 98 valence electrons. The molecule has 0 saturated heterocycles. The highest BCUT2D eigenvalue weighted by atomic mass is 79.9. The van der Waals surface area contributed by atoms with E-state index in [4.69, 9.17) is 11.6 Å². The molecule has 1 nitrogen and oxygen atoms in total. The van der Waals surface area contributed by atoms with Crippen LogP contribution in [0.2, 0.25) is 5.02 Å². The average molecular weight is 338 g/mol. The summed E-state index contributed by atoms with van der Waals surface area (Å²) in [6.07, 6.45) is 1.43. The fraction of sp³-hybridized carbons (Fsp3) is 0.188. The second kappa shape index (κ2) is 6.36. The molecule has 0 atom stereocenters. The van der Waals surface area contributed by atoms with Crippen molar-refractivity contribution in [1.29, 1.82) is 0 Å². The van der Waals surface area contributed by atoms with Crippen molar-refractivity contribution in [3.63, 3.8) is 0 Å². The highest BCUT2D eigenvalue weighted by molar-refractivity contribution is 9.10. The van der Waals surface area contributed by atoms with Crippen LogP contribution in [-0.4, -0.2) is 5.78 Å². The van der Waals surface area contributed by atoms with Gasteiger partial charge in [-0.3, -0.25) is 4.79 Å². The van der Waals surface area contributed by atoms with Crippen molar-refractivity contribution in [3.8, 4) is 0 Å². The van der Waals surface area contributed by atoms with Crippen LogP contribution in [0.3, 0.4) is 0 Å². The second-order valence-corrected chi connectivity index (χ2v) is 5.66. The quantitative estimate of drug-likeness (QED) is 0.710. The van der Waals surface area contributed by atoms with E-state index in [1.807, 2.05) is 12.1 Å². The number of halogens is 2. The normalized spacial score (nSPS) is 10.5. The topological polar surface area (TPSA) is 17.1 Å². The summed E-state index contributed by atoms with van der Waals surface area (Å²) >= 11 is 9.26. The van der Waals surface area contributed by atoms with Gasteiger partial charge in [0.25, 0.3) is 0 Å². The molecule has 0 aliphatic heterocycles. The van der Waals surface area contributed by atoms with Gasteiger partial charge in [0.15, 0.2) is 5.78 Å².